The summed E-state index contributed by atoms with van der Waals surface area (Å²) >= 11 is 3.39. The van der Waals surface area contributed by atoms with E-state index in [0.29, 0.717) is 19.5 Å². The van der Waals surface area contributed by atoms with Crippen LogP contribution in [-0.4, -0.2) is 29.3 Å². The van der Waals surface area contributed by atoms with Crippen LogP contribution >= 0.6 is 15.9 Å². The Labute approximate surface area is 135 Å². The molecule has 0 saturated carbocycles. The quantitative estimate of drug-likeness (QED) is 0.817. The summed E-state index contributed by atoms with van der Waals surface area (Å²) in [5.74, 6) is -0.0989. The maximum atomic E-state index is 12.3. The summed E-state index contributed by atoms with van der Waals surface area (Å²) in [4.78, 5) is 26.0. The van der Waals surface area contributed by atoms with E-state index in [4.69, 9.17) is 0 Å². The molecular formula is C16H23BrN2O2. The van der Waals surface area contributed by atoms with Crippen LogP contribution in [0.25, 0.3) is 0 Å². The zero-order valence-electron chi connectivity index (χ0n) is 12.9. The van der Waals surface area contributed by atoms with E-state index in [1.807, 2.05) is 38.1 Å². The van der Waals surface area contributed by atoms with Crippen LogP contribution in [0.5, 0.6) is 0 Å². The van der Waals surface area contributed by atoms with Crippen molar-refractivity contribution in [3.05, 3.63) is 34.3 Å². The zero-order valence-corrected chi connectivity index (χ0v) is 14.4. The summed E-state index contributed by atoms with van der Waals surface area (Å²) < 4.78 is 0.995. The molecule has 1 atom stereocenters. The number of rotatable bonds is 7. The summed E-state index contributed by atoms with van der Waals surface area (Å²) in [6.45, 7) is 6.63. The Bertz CT molecular complexity index is 474. The Kier molecular flexibility index (Phi) is 7.43. The minimum absolute atomic E-state index is 0.0131. The number of hydrogen-bond acceptors (Lipinski definition) is 2. The molecule has 1 aromatic carbocycles. The van der Waals surface area contributed by atoms with Crippen molar-refractivity contribution in [2.75, 3.05) is 6.54 Å². The predicted octanol–water partition coefficient (Wildman–Crippen LogP) is 3.10. The van der Waals surface area contributed by atoms with Crippen LogP contribution in [0, 0.1) is 0 Å². The molecule has 0 bridgehead atoms. The minimum atomic E-state index is -0.465. The van der Waals surface area contributed by atoms with Crippen molar-refractivity contribution < 1.29 is 9.59 Å². The third-order valence-corrected chi connectivity index (χ3v) is 3.78. The molecule has 2 amide bonds. The Morgan fingerprint density at radius 3 is 2.38 bits per heavy atom. The molecule has 0 spiro atoms. The summed E-state index contributed by atoms with van der Waals surface area (Å²) in [6, 6.07) is 7.33. The van der Waals surface area contributed by atoms with Crippen LogP contribution < -0.4 is 5.32 Å². The van der Waals surface area contributed by atoms with Crippen molar-refractivity contribution >= 4 is 27.7 Å². The summed E-state index contributed by atoms with van der Waals surface area (Å²) in [7, 11) is 0. The highest BCUT2D eigenvalue weighted by atomic mass is 79.9. The first-order valence-corrected chi connectivity index (χ1v) is 8.10. The molecule has 0 radical (unpaired) electrons. The van der Waals surface area contributed by atoms with Gasteiger partial charge in [0.05, 0.1) is 0 Å². The normalized spacial score (nSPS) is 11.8. The van der Waals surface area contributed by atoms with Crippen LogP contribution in [0.15, 0.2) is 28.7 Å². The van der Waals surface area contributed by atoms with E-state index in [0.717, 1.165) is 16.5 Å². The maximum Gasteiger partial charge on any atom is 0.242 e. The number of amides is 2. The average molecular weight is 355 g/mol. The van der Waals surface area contributed by atoms with E-state index in [2.05, 4.69) is 21.2 Å². The summed E-state index contributed by atoms with van der Waals surface area (Å²) in [6.07, 6.45) is 1.23. The van der Waals surface area contributed by atoms with Gasteiger partial charge < -0.3 is 10.2 Å². The standard InChI is InChI=1S/C16H23BrN2O2/c1-4-6-15(20)19(12(3)16(21)18-5-2)11-13-7-9-14(17)10-8-13/h7-10,12H,4-6,11H2,1-3H3,(H,18,21)/t12-/m1/s1. The Hall–Kier alpha value is -1.36. The zero-order chi connectivity index (χ0) is 15.8. The molecule has 4 nitrogen and oxygen atoms in total. The lowest BCUT2D eigenvalue weighted by molar-refractivity contribution is -0.140. The number of benzene rings is 1. The molecule has 5 heteroatoms. The first-order chi connectivity index (χ1) is 9.99. The van der Waals surface area contributed by atoms with Crippen molar-refractivity contribution in [1.82, 2.24) is 10.2 Å². The molecule has 0 aliphatic rings. The van der Waals surface area contributed by atoms with Gasteiger partial charge in [-0.2, -0.15) is 0 Å². The van der Waals surface area contributed by atoms with Gasteiger partial charge >= 0.3 is 0 Å². The molecule has 0 aliphatic carbocycles. The number of halogens is 1. The second-order valence-electron chi connectivity index (χ2n) is 4.97. The monoisotopic (exact) mass is 354 g/mol. The highest BCUT2D eigenvalue weighted by molar-refractivity contribution is 9.10. The van der Waals surface area contributed by atoms with E-state index >= 15 is 0 Å². The van der Waals surface area contributed by atoms with Crippen molar-refractivity contribution in [2.45, 2.75) is 46.2 Å². The minimum Gasteiger partial charge on any atom is -0.355 e. The van der Waals surface area contributed by atoms with E-state index in [9.17, 15) is 9.59 Å². The number of nitrogens with zero attached hydrogens (tertiary/aromatic N) is 1. The first kappa shape index (κ1) is 17.7. The Morgan fingerprint density at radius 1 is 1.24 bits per heavy atom. The molecule has 116 valence electrons. The van der Waals surface area contributed by atoms with Crippen molar-refractivity contribution in [3.8, 4) is 0 Å². The van der Waals surface area contributed by atoms with Gasteiger partial charge in [0.1, 0.15) is 6.04 Å². The lowest BCUT2D eigenvalue weighted by Gasteiger charge is -2.28. The lowest BCUT2D eigenvalue weighted by atomic mass is 10.1. The van der Waals surface area contributed by atoms with Gasteiger partial charge in [0, 0.05) is 24.0 Å². The van der Waals surface area contributed by atoms with E-state index in [1.165, 1.54) is 0 Å². The SMILES string of the molecule is CCCC(=O)N(Cc1ccc(Br)cc1)[C@H](C)C(=O)NCC. The van der Waals surface area contributed by atoms with Crippen LogP contribution in [0.2, 0.25) is 0 Å². The smallest absolute Gasteiger partial charge is 0.242 e. The molecule has 1 N–H and O–H groups in total. The first-order valence-electron chi connectivity index (χ1n) is 7.31. The van der Waals surface area contributed by atoms with Crippen LogP contribution in [-0.2, 0) is 16.1 Å². The topological polar surface area (TPSA) is 49.4 Å². The largest absolute Gasteiger partial charge is 0.355 e. The third kappa shape index (κ3) is 5.50. The van der Waals surface area contributed by atoms with Crippen molar-refractivity contribution in [1.29, 1.82) is 0 Å². The van der Waals surface area contributed by atoms with Gasteiger partial charge in [0.2, 0.25) is 11.8 Å². The predicted molar refractivity (Wildman–Crippen MR) is 87.7 cm³/mol. The molecule has 0 aromatic heterocycles. The molecule has 1 aromatic rings. The van der Waals surface area contributed by atoms with Gasteiger partial charge in [-0.3, -0.25) is 9.59 Å². The molecule has 0 saturated heterocycles. The molecule has 0 fully saturated rings. The van der Waals surface area contributed by atoms with E-state index in [1.54, 1.807) is 11.8 Å². The summed E-state index contributed by atoms with van der Waals surface area (Å²) in [5, 5.41) is 2.78. The number of carbonyl (C=O) groups excluding carboxylic acids is 2. The molecule has 1 rings (SSSR count). The second-order valence-corrected chi connectivity index (χ2v) is 5.88. The fourth-order valence-electron chi connectivity index (χ4n) is 2.05. The third-order valence-electron chi connectivity index (χ3n) is 3.25. The van der Waals surface area contributed by atoms with Crippen molar-refractivity contribution in [2.24, 2.45) is 0 Å². The second kappa shape index (κ2) is 8.82. The highest BCUT2D eigenvalue weighted by Gasteiger charge is 2.24. The number of hydrogen-bond donors (Lipinski definition) is 1. The number of carbonyl (C=O) groups is 2. The Morgan fingerprint density at radius 2 is 1.86 bits per heavy atom. The number of nitrogens with one attached hydrogen (secondary N) is 1. The average Bonchev–Trinajstić information content (AvgIpc) is 2.46. The van der Waals surface area contributed by atoms with Gasteiger partial charge in [-0.15, -0.1) is 0 Å². The van der Waals surface area contributed by atoms with Crippen molar-refractivity contribution in [3.63, 3.8) is 0 Å². The molecule has 21 heavy (non-hydrogen) atoms. The molecule has 0 heterocycles. The Balaban J connectivity index is 2.88. The fourth-order valence-corrected chi connectivity index (χ4v) is 2.31. The lowest BCUT2D eigenvalue weighted by Crippen LogP contribution is -2.47. The fraction of sp³-hybridized carbons (Fsp3) is 0.500. The summed E-state index contributed by atoms with van der Waals surface area (Å²) in [5.41, 5.74) is 1.01. The molecular weight excluding hydrogens is 332 g/mol. The maximum absolute atomic E-state index is 12.3. The van der Waals surface area contributed by atoms with Crippen LogP contribution in [0.3, 0.4) is 0 Å². The van der Waals surface area contributed by atoms with Gasteiger partial charge in [-0.25, -0.2) is 0 Å². The van der Waals surface area contributed by atoms with E-state index < -0.39 is 6.04 Å². The van der Waals surface area contributed by atoms with Gasteiger partial charge in [0.25, 0.3) is 0 Å². The molecule has 0 unspecified atom stereocenters. The van der Waals surface area contributed by atoms with Gasteiger partial charge in [-0.05, 0) is 38.0 Å². The number of likely N-dealkylation sites (N-methyl/N-ethyl adjacent to an activating group) is 1. The van der Waals surface area contributed by atoms with Crippen LogP contribution in [0.1, 0.15) is 39.2 Å². The van der Waals surface area contributed by atoms with Gasteiger partial charge in [0.15, 0.2) is 0 Å². The molecule has 0 aliphatic heterocycles. The van der Waals surface area contributed by atoms with E-state index in [-0.39, 0.29) is 11.8 Å². The van der Waals surface area contributed by atoms with Gasteiger partial charge in [-0.1, -0.05) is 35.0 Å². The van der Waals surface area contributed by atoms with Crippen LogP contribution in [0.4, 0.5) is 0 Å². The highest BCUT2D eigenvalue weighted by Crippen LogP contribution is 2.15.